The van der Waals surface area contributed by atoms with Crippen molar-refractivity contribution >= 4 is 6.29 Å². The van der Waals surface area contributed by atoms with Crippen molar-refractivity contribution in [2.75, 3.05) is 13.2 Å². The van der Waals surface area contributed by atoms with E-state index in [-0.39, 0.29) is 90.4 Å². The van der Waals surface area contributed by atoms with E-state index in [1.165, 1.54) is 0 Å². The maximum absolute atomic E-state index is 9.44. The SMILES string of the molecule is CCOCC=O.[H-].[H-].[K+].[Na+]. The molecule has 0 spiro atoms. The zero-order chi connectivity index (χ0) is 4.83. The summed E-state index contributed by atoms with van der Waals surface area (Å²) >= 11 is 0. The zero-order valence-corrected chi connectivity index (χ0v) is 10.9. The molecule has 0 N–H and O–H groups in total. The van der Waals surface area contributed by atoms with Gasteiger partial charge in [-0.2, -0.15) is 0 Å². The molecule has 0 radical (unpaired) electrons. The van der Waals surface area contributed by atoms with Gasteiger partial charge in [0.2, 0.25) is 0 Å². The van der Waals surface area contributed by atoms with Gasteiger partial charge < -0.3 is 12.4 Å². The first-order valence-corrected chi connectivity index (χ1v) is 1.93. The number of carbonyl (C=O) groups is 1. The monoisotopic (exact) mass is 152 g/mol. The summed E-state index contributed by atoms with van der Waals surface area (Å²) in [6.45, 7) is 2.71. The van der Waals surface area contributed by atoms with Gasteiger partial charge in [-0.05, 0) is 6.92 Å². The van der Waals surface area contributed by atoms with Crippen molar-refractivity contribution in [3.63, 3.8) is 0 Å². The molecule has 2 nitrogen and oxygen atoms in total. The molecule has 0 aliphatic rings. The van der Waals surface area contributed by atoms with Crippen LogP contribution in [0.5, 0.6) is 0 Å². The molecule has 0 amide bonds. The van der Waals surface area contributed by atoms with E-state index in [1.807, 2.05) is 6.92 Å². The fraction of sp³-hybridized carbons (Fsp3) is 0.750. The molecule has 0 rings (SSSR count). The van der Waals surface area contributed by atoms with Gasteiger partial charge in [0.1, 0.15) is 12.9 Å². The summed E-state index contributed by atoms with van der Waals surface area (Å²) in [6, 6.07) is 0. The van der Waals surface area contributed by atoms with E-state index < -0.39 is 0 Å². The minimum atomic E-state index is 0. The van der Waals surface area contributed by atoms with Gasteiger partial charge in [-0.3, -0.25) is 0 Å². The van der Waals surface area contributed by atoms with Crippen LogP contribution < -0.4 is 80.9 Å². The van der Waals surface area contributed by atoms with Crippen LogP contribution in [0.3, 0.4) is 0 Å². The molecule has 40 valence electrons. The smallest absolute Gasteiger partial charge is 1.00 e. The summed E-state index contributed by atoms with van der Waals surface area (Å²) in [4.78, 5) is 9.44. The van der Waals surface area contributed by atoms with E-state index in [9.17, 15) is 4.79 Å². The molecule has 0 aliphatic heterocycles. The Balaban J connectivity index is -0.0000000208. The van der Waals surface area contributed by atoms with Gasteiger partial charge in [0.05, 0.1) is 0 Å². The van der Waals surface area contributed by atoms with Gasteiger partial charge in [-0.15, -0.1) is 0 Å². The van der Waals surface area contributed by atoms with Gasteiger partial charge in [0.15, 0.2) is 0 Å². The number of hydrogen-bond acceptors (Lipinski definition) is 2. The van der Waals surface area contributed by atoms with Crippen LogP contribution in [0.2, 0.25) is 0 Å². The molecule has 8 heavy (non-hydrogen) atoms. The van der Waals surface area contributed by atoms with Gasteiger partial charge >= 0.3 is 80.9 Å². The number of aldehydes is 1. The van der Waals surface area contributed by atoms with Gasteiger partial charge in [-0.1, -0.05) is 0 Å². The number of rotatable bonds is 3. The molecule has 0 saturated carbocycles. The number of hydrogen-bond donors (Lipinski definition) is 0. The Bertz CT molecular complexity index is 50.2. The minimum absolute atomic E-state index is 0. The predicted molar refractivity (Wildman–Crippen MR) is 24.8 cm³/mol. The molecule has 0 atom stereocenters. The predicted octanol–water partition coefficient (Wildman–Crippen LogP) is -5.55. The molecule has 4 heteroatoms. The Morgan fingerprint density at radius 2 is 2.25 bits per heavy atom. The third kappa shape index (κ3) is 15.7. The van der Waals surface area contributed by atoms with Crippen molar-refractivity contribution in [1.82, 2.24) is 0 Å². The molecular formula is C4H10KNaO2. The topological polar surface area (TPSA) is 26.3 Å². The quantitative estimate of drug-likeness (QED) is 0.229. The molecule has 0 aromatic carbocycles. The molecule has 0 heterocycles. The summed E-state index contributed by atoms with van der Waals surface area (Å²) in [5, 5.41) is 0. The van der Waals surface area contributed by atoms with Crippen LogP contribution in [-0.2, 0) is 9.53 Å². The van der Waals surface area contributed by atoms with Crippen LogP contribution in [-0.4, -0.2) is 19.5 Å². The second kappa shape index (κ2) is 16.1. The van der Waals surface area contributed by atoms with Crippen LogP contribution >= 0.6 is 0 Å². The summed E-state index contributed by atoms with van der Waals surface area (Å²) in [6.07, 6.45) is 0.740. The van der Waals surface area contributed by atoms with E-state index in [1.54, 1.807) is 0 Å². The van der Waals surface area contributed by atoms with Crippen LogP contribution in [0.25, 0.3) is 0 Å². The van der Waals surface area contributed by atoms with Crippen LogP contribution in [0.15, 0.2) is 0 Å². The Kier molecular flexibility index (Phi) is 33.7. The van der Waals surface area contributed by atoms with E-state index in [2.05, 4.69) is 4.74 Å². The van der Waals surface area contributed by atoms with E-state index in [0.717, 1.165) is 6.29 Å². The van der Waals surface area contributed by atoms with Crippen molar-refractivity contribution in [3.05, 3.63) is 0 Å². The van der Waals surface area contributed by atoms with Crippen LogP contribution in [0.4, 0.5) is 0 Å². The van der Waals surface area contributed by atoms with Crippen LogP contribution in [0, 0.1) is 0 Å². The molecule has 0 aliphatic carbocycles. The third-order valence-electron chi connectivity index (χ3n) is 0.390. The second-order valence-electron chi connectivity index (χ2n) is 0.826. The Labute approximate surface area is 117 Å². The van der Waals surface area contributed by atoms with Crippen molar-refractivity contribution < 1.29 is 93.3 Å². The molecular weight excluding hydrogens is 142 g/mol. The van der Waals surface area contributed by atoms with Crippen molar-refractivity contribution in [3.8, 4) is 0 Å². The summed E-state index contributed by atoms with van der Waals surface area (Å²) in [5.74, 6) is 0. The molecule has 0 aromatic heterocycles. The van der Waals surface area contributed by atoms with Crippen molar-refractivity contribution in [2.24, 2.45) is 0 Å². The van der Waals surface area contributed by atoms with Gasteiger partial charge in [-0.25, -0.2) is 0 Å². The zero-order valence-electron chi connectivity index (χ0n) is 7.81. The summed E-state index contributed by atoms with van der Waals surface area (Å²) in [5.41, 5.74) is 0. The molecule has 0 bridgehead atoms. The fourth-order valence-electron chi connectivity index (χ4n) is 0.166. The molecule has 0 aromatic rings. The Morgan fingerprint density at radius 3 is 2.38 bits per heavy atom. The molecule has 0 fully saturated rings. The Hall–Kier alpha value is 2.27. The van der Waals surface area contributed by atoms with Crippen molar-refractivity contribution in [1.29, 1.82) is 0 Å². The summed E-state index contributed by atoms with van der Waals surface area (Å²) < 4.78 is 4.61. The minimum Gasteiger partial charge on any atom is -1.00 e. The third-order valence-corrected chi connectivity index (χ3v) is 0.390. The number of ether oxygens (including phenoxy) is 1. The average molecular weight is 152 g/mol. The van der Waals surface area contributed by atoms with Crippen molar-refractivity contribution in [2.45, 2.75) is 6.92 Å². The normalized spacial score (nSPS) is 6.12. The second-order valence-corrected chi connectivity index (χ2v) is 0.826. The largest absolute Gasteiger partial charge is 1.00 e. The van der Waals surface area contributed by atoms with E-state index >= 15 is 0 Å². The van der Waals surface area contributed by atoms with E-state index in [0.29, 0.717) is 6.61 Å². The molecule has 0 unspecified atom stereocenters. The Morgan fingerprint density at radius 1 is 1.75 bits per heavy atom. The first-order valence-electron chi connectivity index (χ1n) is 1.93. The fourth-order valence-corrected chi connectivity index (χ4v) is 0.166. The first kappa shape index (κ1) is 16.7. The van der Waals surface area contributed by atoms with Gasteiger partial charge in [0, 0.05) is 6.61 Å². The summed E-state index contributed by atoms with van der Waals surface area (Å²) in [7, 11) is 0. The average Bonchev–Trinajstić information content (AvgIpc) is 1.61. The molecule has 0 saturated heterocycles. The standard InChI is InChI=1S/C4H8O2.K.Na.2H/c1-2-6-4-3-5;;;;/h3H,2,4H2,1H3;;;;/q;2*+1;2*-1. The number of carbonyl (C=O) groups excluding carboxylic acids is 1. The first-order chi connectivity index (χ1) is 2.91. The maximum atomic E-state index is 9.44. The van der Waals surface area contributed by atoms with Gasteiger partial charge in [0.25, 0.3) is 0 Å². The maximum Gasteiger partial charge on any atom is 1.00 e. The van der Waals surface area contributed by atoms with E-state index in [4.69, 9.17) is 0 Å². The van der Waals surface area contributed by atoms with Crippen LogP contribution in [0.1, 0.15) is 9.78 Å².